The van der Waals surface area contributed by atoms with Gasteiger partial charge in [0, 0.05) is 31.6 Å². The highest BCUT2D eigenvalue weighted by molar-refractivity contribution is 5.15. The van der Waals surface area contributed by atoms with Gasteiger partial charge in [0.15, 0.2) is 0 Å². The molecule has 4 heteroatoms. The monoisotopic (exact) mass is 233 g/mol. The molecule has 1 aromatic rings. The van der Waals surface area contributed by atoms with E-state index in [-0.39, 0.29) is 0 Å². The number of rotatable bonds is 6. The molecule has 4 nitrogen and oxygen atoms in total. The first kappa shape index (κ1) is 13.5. The van der Waals surface area contributed by atoms with Crippen molar-refractivity contribution in [2.24, 2.45) is 0 Å². The summed E-state index contributed by atoms with van der Waals surface area (Å²) in [5, 5.41) is 8.63. The van der Waals surface area contributed by atoms with Crippen molar-refractivity contribution >= 4 is 0 Å². The van der Waals surface area contributed by atoms with Crippen molar-refractivity contribution < 1.29 is 4.74 Å². The fraction of sp³-hybridized carbons (Fsp3) is 0.538. The first-order valence-corrected chi connectivity index (χ1v) is 5.78. The summed E-state index contributed by atoms with van der Waals surface area (Å²) in [5.41, 5.74) is 0.969. The number of nitrogens with zero attached hydrogens (tertiary/aromatic N) is 3. The Kier molecular flexibility index (Phi) is 5.44. The van der Waals surface area contributed by atoms with Crippen LogP contribution in [0.3, 0.4) is 0 Å². The first-order chi connectivity index (χ1) is 8.17. The van der Waals surface area contributed by atoms with Crippen LogP contribution in [0.25, 0.3) is 0 Å². The average Bonchev–Trinajstić information content (AvgIpc) is 2.34. The van der Waals surface area contributed by atoms with Crippen LogP contribution in [0.1, 0.15) is 26.0 Å². The summed E-state index contributed by atoms with van der Waals surface area (Å²) in [6, 6.07) is 8.32. The van der Waals surface area contributed by atoms with Crippen LogP contribution in [-0.4, -0.2) is 29.6 Å². The lowest BCUT2D eigenvalue weighted by atomic mass is 10.2. The largest absolute Gasteiger partial charge is 0.481 e. The maximum atomic E-state index is 8.63. The lowest BCUT2D eigenvalue weighted by molar-refractivity contribution is 0.214. The maximum Gasteiger partial charge on any atom is 0.213 e. The Morgan fingerprint density at radius 2 is 2.24 bits per heavy atom. The molecule has 92 valence electrons. The van der Waals surface area contributed by atoms with Crippen LogP contribution in [0.2, 0.25) is 0 Å². The number of hydrogen-bond acceptors (Lipinski definition) is 4. The van der Waals surface area contributed by atoms with Gasteiger partial charge in [-0.2, -0.15) is 5.26 Å². The molecule has 0 radical (unpaired) electrons. The second-order valence-corrected chi connectivity index (χ2v) is 4.14. The normalized spacial score (nSPS) is 10.6. The molecule has 17 heavy (non-hydrogen) atoms. The standard InChI is InChI=1S/C13H19N3O/c1-11(2)16(9-5-8-14)10-12-6-4-7-13(15-12)17-3/h4,6-7,11H,5,9-10H2,1-3H3. The molecule has 0 saturated carbocycles. The Morgan fingerprint density at radius 1 is 1.47 bits per heavy atom. The second-order valence-electron chi connectivity index (χ2n) is 4.14. The lowest BCUT2D eigenvalue weighted by Crippen LogP contribution is -2.31. The van der Waals surface area contributed by atoms with Crippen LogP contribution >= 0.6 is 0 Å². The van der Waals surface area contributed by atoms with Crippen molar-refractivity contribution in [1.29, 1.82) is 5.26 Å². The summed E-state index contributed by atoms with van der Waals surface area (Å²) in [6.07, 6.45) is 0.544. The molecule has 0 aliphatic rings. The Labute approximate surface area is 103 Å². The Morgan fingerprint density at radius 3 is 2.82 bits per heavy atom. The Bertz CT molecular complexity index is 384. The summed E-state index contributed by atoms with van der Waals surface area (Å²) in [5.74, 6) is 0.631. The van der Waals surface area contributed by atoms with E-state index < -0.39 is 0 Å². The minimum absolute atomic E-state index is 0.399. The summed E-state index contributed by atoms with van der Waals surface area (Å²) >= 11 is 0. The number of aromatic nitrogens is 1. The van der Waals surface area contributed by atoms with Gasteiger partial charge >= 0.3 is 0 Å². The average molecular weight is 233 g/mol. The third-order valence-electron chi connectivity index (χ3n) is 2.60. The van der Waals surface area contributed by atoms with Gasteiger partial charge in [0.25, 0.3) is 0 Å². The molecule has 0 saturated heterocycles. The highest BCUT2D eigenvalue weighted by atomic mass is 16.5. The molecule has 1 aromatic heterocycles. The number of hydrogen-bond donors (Lipinski definition) is 0. The smallest absolute Gasteiger partial charge is 0.213 e. The minimum Gasteiger partial charge on any atom is -0.481 e. The Hall–Kier alpha value is -1.60. The van der Waals surface area contributed by atoms with E-state index in [1.54, 1.807) is 7.11 Å². The number of ether oxygens (including phenoxy) is 1. The van der Waals surface area contributed by atoms with E-state index in [1.807, 2.05) is 18.2 Å². The van der Waals surface area contributed by atoms with Gasteiger partial charge in [0.2, 0.25) is 5.88 Å². The number of methoxy groups -OCH3 is 1. The molecule has 0 spiro atoms. The molecule has 0 amide bonds. The van der Waals surface area contributed by atoms with Crippen molar-refractivity contribution in [2.45, 2.75) is 32.9 Å². The number of nitriles is 1. The van der Waals surface area contributed by atoms with Gasteiger partial charge in [-0.15, -0.1) is 0 Å². The van der Waals surface area contributed by atoms with E-state index in [2.05, 4.69) is 29.8 Å². The fourth-order valence-corrected chi connectivity index (χ4v) is 1.58. The molecule has 0 aliphatic heterocycles. The van der Waals surface area contributed by atoms with E-state index in [1.165, 1.54) is 0 Å². The summed E-state index contributed by atoms with van der Waals surface area (Å²) in [4.78, 5) is 6.60. The molecule has 0 fully saturated rings. The zero-order valence-electron chi connectivity index (χ0n) is 10.7. The quantitative estimate of drug-likeness (QED) is 0.756. The second kappa shape index (κ2) is 6.87. The van der Waals surface area contributed by atoms with Crippen LogP contribution in [-0.2, 0) is 6.54 Å². The highest BCUT2D eigenvalue weighted by Crippen LogP contribution is 2.11. The molecule has 0 aliphatic carbocycles. The number of pyridine rings is 1. The third kappa shape index (κ3) is 4.41. The SMILES string of the molecule is COc1cccc(CN(CCC#N)C(C)C)n1. The van der Waals surface area contributed by atoms with Gasteiger partial charge in [0.1, 0.15) is 0 Å². The first-order valence-electron chi connectivity index (χ1n) is 5.78. The Balaban J connectivity index is 2.68. The van der Waals surface area contributed by atoms with Gasteiger partial charge in [-0.3, -0.25) is 4.90 Å². The molecule has 0 N–H and O–H groups in total. The predicted molar refractivity (Wildman–Crippen MR) is 66.6 cm³/mol. The van der Waals surface area contributed by atoms with Crippen LogP contribution in [0.15, 0.2) is 18.2 Å². The van der Waals surface area contributed by atoms with Crippen LogP contribution in [0.5, 0.6) is 5.88 Å². The van der Waals surface area contributed by atoms with Crippen molar-refractivity contribution in [1.82, 2.24) is 9.88 Å². The summed E-state index contributed by atoms with van der Waals surface area (Å²) in [7, 11) is 1.61. The van der Waals surface area contributed by atoms with Gasteiger partial charge in [0.05, 0.1) is 18.9 Å². The summed E-state index contributed by atoms with van der Waals surface area (Å²) in [6.45, 7) is 5.76. The molecule has 0 atom stereocenters. The summed E-state index contributed by atoms with van der Waals surface area (Å²) < 4.78 is 5.10. The van der Waals surface area contributed by atoms with Crippen LogP contribution in [0.4, 0.5) is 0 Å². The van der Waals surface area contributed by atoms with Crippen LogP contribution < -0.4 is 4.74 Å². The van der Waals surface area contributed by atoms with E-state index in [0.29, 0.717) is 18.3 Å². The predicted octanol–water partition coefficient (Wildman–Crippen LogP) is 2.21. The third-order valence-corrected chi connectivity index (χ3v) is 2.60. The van der Waals surface area contributed by atoms with E-state index in [0.717, 1.165) is 18.8 Å². The van der Waals surface area contributed by atoms with E-state index in [4.69, 9.17) is 10.00 Å². The van der Waals surface area contributed by atoms with E-state index >= 15 is 0 Å². The molecular weight excluding hydrogens is 214 g/mol. The minimum atomic E-state index is 0.399. The van der Waals surface area contributed by atoms with Gasteiger partial charge < -0.3 is 4.74 Å². The van der Waals surface area contributed by atoms with Crippen LogP contribution in [0, 0.1) is 11.3 Å². The van der Waals surface area contributed by atoms with Crippen molar-refractivity contribution in [3.8, 4) is 11.9 Å². The fourth-order valence-electron chi connectivity index (χ4n) is 1.58. The van der Waals surface area contributed by atoms with Gasteiger partial charge in [-0.25, -0.2) is 4.98 Å². The zero-order valence-corrected chi connectivity index (χ0v) is 10.7. The maximum absolute atomic E-state index is 8.63. The van der Waals surface area contributed by atoms with E-state index in [9.17, 15) is 0 Å². The molecule has 1 heterocycles. The van der Waals surface area contributed by atoms with Crippen molar-refractivity contribution in [3.05, 3.63) is 23.9 Å². The highest BCUT2D eigenvalue weighted by Gasteiger charge is 2.10. The van der Waals surface area contributed by atoms with Crippen molar-refractivity contribution in [2.75, 3.05) is 13.7 Å². The molecule has 0 bridgehead atoms. The molecule has 0 unspecified atom stereocenters. The topological polar surface area (TPSA) is 49.1 Å². The molecular formula is C13H19N3O. The molecule has 0 aromatic carbocycles. The zero-order chi connectivity index (χ0) is 12.7. The van der Waals surface area contributed by atoms with Gasteiger partial charge in [-0.1, -0.05) is 6.07 Å². The lowest BCUT2D eigenvalue weighted by Gasteiger charge is -2.25. The molecule has 1 rings (SSSR count). The van der Waals surface area contributed by atoms with Crippen molar-refractivity contribution in [3.63, 3.8) is 0 Å². The van der Waals surface area contributed by atoms with Gasteiger partial charge in [-0.05, 0) is 19.9 Å².